The third-order valence-corrected chi connectivity index (χ3v) is 5.28. The molecule has 0 saturated carbocycles. The van der Waals surface area contributed by atoms with Crippen LogP contribution in [0.15, 0.2) is 47.5 Å². The van der Waals surface area contributed by atoms with Gasteiger partial charge in [0.05, 0.1) is 20.8 Å². The Balaban J connectivity index is 0.00000300. The molecular formula is C22H31IN4O2. The Morgan fingerprint density at radius 2 is 1.86 bits per heavy atom. The first-order valence-electron chi connectivity index (χ1n) is 9.74. The number of ether oxygens (including phenoxy) is 2. The maximum atomic E-state index is 6.13. The fourth-order valence-electron chi connectivity index (χ4n) is 3.64. The molecule has 1 atom stereocenters. The van der Waals surface area contributed by atoms with Gasteiger partial charge in [0.1, 0.15) is 0 Å². The van der Waals surface area contributed by atoms with Crippen LogP contribution in [0, 0.1) is 0 Å². The highest BCUT2D eigenvalue weighted by molar-refractivity contribution is 14.0. The van der Waals surface area contributed by atoms with Crippen molar-refractivity contribution in [2.75, 3.05) is 32.6 Å². The van der Waals surface area contributed by atoms with Crippen LogP contribution in [-0.4, -0.2) is 44.2 Å². The number of fused-ring (bicyclic) bond motifs is 1. The number of hydrogen-bond acceptors (Lipinski definition) is 4. The number of nitrogens with one attached hydrogen (secondary N) is 1. The average Bonchev–Trinajstić information content (AvgIpc) is 2.74. The van der Waals surface area contributed by atoms with E-state index < -0.39 is 0 Å². The molecule has 1 aliphatic rings. The third-order valence-electron chi connectivity index (χ3n) is 5.28. The number of nitrogens with zero attached hydrogens (tertiary/aromatic N) is 2. The van der Waals surface area contributed by atoms with Crippen molar-refractivity contribution in [3.05, 3.63) is 53.6 Å². The molecule has 2 aromatic rings. The molecule has 158 valence electrons. The van der Waals surface area contributed by atoms with Gasteiger partial charge in [0.15, 0.2) is 17.5 Å². The first-order chi connectivity index (χ1) is 13.6. The van der Waals surface area contributed by atoms with Crippen LogP contribution < -0.4 is 20.5 Å². The van der Waals surface area contributed by atoms with E-state index in [1.165, 1.54) is 11.1 Å². The van der Waals surface area contributed by atoms with E-state index in [0.29, 0.717) is 30.0 Å². The maximum absolute atomic E-state index is 6.13. The number of rotatable bonds is 7. The number of hydrogen-bond donors (Lipinski definition) is 2. The van der Waals surface area contributed by atoms with Gasteiger partial charge in [-0.1, -0.05) is 31.2 Å². The van der Waals surface area contributed by atoms with Crippen molar-refractivity contribution < 1.29 is 9.47 Å². The summed E-state index contributed by atoms with van der Waals surface area (Å²) in [6, 6.07) is 14.7. The van der Waals surface area contributed by atoms with E-state index in [9.17, 15) is 0 Å². The Hall–Kier alpha value is -2.00. The Kier molecular flexibility index (Phi) is 9.03. The smallest absolute Gasteiger partial charge is 0.193 e. The van der Waals surface area contributed by atoms with Crippen molar-refractivity contribution >= 4 is 35.6 Å². The highest BCUT2D eigenvalue weighted by Crippen LogP contribution is 2.29. The fraction of sp³-hybridized carbons (Fsp3) is 0.409. The summed E-state index contributed by atoms with van der Waals surface area (Å²) in [4.78, 5) is 7.10. The van der Waals surface area contributed by atoms with Crippen LogP contribution in [0.2, 0.25) is 0 Å². The van der Waals surface area contributed by atoms with Crippen molar-refractivity contribution in [2.24, 2.45) is 10.7 Å². The zero-order chi connectivity index (χ0) is 19.9. The molecule has 0 bridgehead atoms. The van der Waals surface area contributed by atoms with E-state index in [1.54, 1.807) is 14.2 Å². The molecule has 0 aromatic heterocycles. The second kappa shape index (κ2) is 11.3. The zero-order valence-electron chi connectivity index (χ0n) is 17.4. The van der Waals surface area contributed by atoms with Gasteiger partial charge in [0.25, 0.3) is 0 Å². The lowest BCUT2D eigenvalue weighted by Gasteiger charge is -2.34. The third kappa shape index (κ3) is 5.99. The number of nitrogens with two attached hydrogens (primary N) is 1. The van der Waals surface area contributed by atoms with Crippen LogP contribution >= 0.6 is 24.0 Å². The Morgan fingerprint density at radius 3 is 2.55 bits per heavy atom. The van der Waals surface area contributed by atoms with Crippen LogP contribution in [0.3, 0.4) is 0 Å². The standard InChI is InChI=1S/C22H30N4O2.HI/c1-4-19(26-12-11-16-7-5-6-8-17(16)15-26)14-24-22(23)25-18-9-10-20(27-2)21(13-18)28-3;/h5-10,13,19H,4,11-12,14-15H2,1-3H3,(H3,23,24,25);1H. The first kappa shape index (κ1) is 23.3. The minimum atomic E-state index is 0. The van der Waals surface area contributed by atoms with Gasteiger partial charge in [0, 0.05) is 30.9 Å². The highest BCUT2D eigenvalue weighted by Gasteiger charge is 2.22. The van der Waals surface area contributed by atoms with E-state index in [-0.39, 0.29) is 24.0 Å². The number of anilines is 1. The Labute approximate surface area is 190 Å². The number of aliphatic imine (C=N–C) groups is 1. The highest BCUT2D eigenvalue weighted by atomic mass is 127. The normalized spacial score (nSPS) is 15.1. The molecular weight excluding hydrogens is 479 g/mol. The second-order valence-corrected chi connectivity index (χ2v) is 6.97. The molecule has 1 aliphatic heterocycles. The summed E-state index contributed by atoms with van der Waals surface area (Å²) in [6.45, 7) is 4.92. The summed E-state index contributed by atoms with van der Waals surface area (Å²) in [5.41, 5.74) is 9.83. The molecule has 0 fully saturated rings. The summed E-state index contributed by atoms with van der Waals surface area (Å²) in [7, 11) is 3.23. The predicted molar refractivity (Wildman–Crippen MR) is 130 cm³/mol. The molecule has 0 amide bonds. The van der Waals surface area contributed by atoms with Gasteiger partial charge in [-0.3, -0.25) is 9.89 Å². The fourth-order valence-corrected chi connectivity index (χ4v) is 3.64. The SMILES string of the molecule is CCC(CN=C(N)Nc1ccc(OC)c(OC)c1)N1CCc2ccccc2C1.I. The van der Waals surface area contributed by atoms with Gasteiger partial charge < -0.3 is 20.5 Å². The van der Waals surface area contributed by atoms with Crippen LogP contribution in [0.4, 0.5) is 5.69 Å². The maximum Gasteiger partial charge on any atom is 0.193 e. The zero-order valence-corrected chi connectivity index (χ0v) is 19.7. The molecule has 0 aliphatic carbocycles. The summed E-state index contributed by atoms with van der Waals surface area (Å²) in [6.07, 6.45) is 2.13. The molecule has 7 heteroatoms. The van der Waals surface area contributed by atoms with Crippen LogP contribution in [-0.2, 0) is 13.0 Å². The molecule has 2 aromatic carbocycles. The average molecular weight is 510 g/mol. The lowest BCUT2D eigenvalue weighted by Crippen LogP contribution is -2.41. The Morgan fingerprint density at radius 1 is 1.14 bits per heavy atom. The second-order valence-electron chi connectivity index (χ2n) is 6.97. The largest absolute Gasteiger partial charge is 0.493 e. The molecule has 1 heterocycles. The van der Waals surface area contributed by atoms with Crippen LogP contribution in [0.25, 0.3) is 0 Å². The number of guanidine groups is 1. The molecule has 0 spiro atoms. The molecule has 3 rings (SSSR count). The number of benzene rings is 2. The first-order valence-corrected chi connectivity index (χ1v) is 9.74. The van der Waals surface area contributed by atoms with Gasteiger partial charge in [-0.05, 0) is 36.1 Å². The van der Waals surface area contributed by atoms with E-state index in [4.69, 9.17) is 15.2 Å². The minimum Gasteiger partial charge on any atom is -0.493 e. The molecule has 3 N–H and O–H groups in total. The monoisotopic (exact) mass is 510 g/mol. The molecule has 1 unspecified atom stereocenters. The predicted octanol–water partition coefficient (Wildman–Crippen LogP) is 3.89. The summed E-state index contributed by atoms with van der Waals surface area (Å²) < 4.78 is 10.6. The van der Waals surface area contributed by atoms with E-state index in [0.717, 1.165) is 31.6 Å². The molecule has 0 radical (unpaired) electrons. The summed E-state index contributed by atoms with van der Waals surface area (Å²) in [5, 5.41) is 3.14. The summed E-state index contributed by atoms with van der Waals surface area (Å²) in [5.74, 6) is 1.74. The van der Waals surface area contributed by atoms with Gasteiger partial charge >= 0.3 is 0 Å². The van der Waals surface area contributed by atoms with E-state index >= 15 is 0 Å². The quantitative estimate of drug-likeness (QED) is 0.336. The number of methoxy groups -OCH3 is 2. The van der Waals surface area contributed by atoms with E-state index in [1.807, 2.05) is 18.2 Å². The van der Waals surface area contributed by atoms with Gasteiger partial charge in [-0.2, -0.15) is 0 Å². The lowest BCUT2D eigenvalue weighted by molar-refractivity contribution is 0.178. The van der Waals surface area contributed by atoms with Crippen molar-refractivity contribution in [2.45, 2.75) is 32.4 Å². The van der Waals surface area contributed by atoms with Crippen molar-refractivity contribution in [1.82, 2.24) is 4.90 Å². The Bertz CT molecular complexity index is 828. The van der Waals surface area contributed by atoms with Crippen molar-refractivity contribution in [1.29, 1.82) is 0 Å². The summed E-state index contributed by atoms with van der Waals surface area (Å²) >= 11 is 0. The van der Waals surface area contributed by atoms with Crippen LogP contribution in [0.1, 0.15) is 24.5 Å². The molecule has 0 saturated heterocycles. The molecule has 6 nitrogen and oxygen atoms in total. The lowest BCUT2D eigenvalue weighted by atomic mass is 9.98. The van der Waals surface area contributed by atoms with Crippen molar-refractivity contribution in [3.8, 4) is 11.5 Å². The molecule has 29 heavy (non-hydrogen) atoms. The topological polar surface area (TPSA) is 72.1 Å². The van der Waals surface area contributed by atoms with Gasteiger partial charge in [-0.15, -0.1) is 24.0 Å². The van der Waals surface area contributed by atoms with E-state index in [2.05, 4.69) is 46.4 Å². The van der Waals surface area contributed by atoms with Gasteiger partial charge in [0.2, 0.25) is 0 Å². The van der Waals surface area contributed by atoms with Crippen LogP contribution in [0.5, 0.6) is 11.5 Å². The van der Waals surface area contributed by atoms with Gasteiger partial charge in [-0.25, -0.2) is 0 Å². The number of halogens is 1. The van der Waals surface area contributed by atoms with Crippen molar-refractivity contribution in [3.63, 3.8) is 0 Å². The minimum absolute atomic E-state index is 0.